The van der Waals surface area contributed by atoms with Gasteiger partial charge in [-0.05, 0) is 36.1 Å². The van der Waals surface area contributed by atoms with E-state index in [-0.39, 0.29) is 50.3 Å². The standard InChI is InChI=1S/C25H25FN2O6/c1-3-25(32)15-7-18-22-13(9-28(18)23(30)14(15)10-34-24(25)31)21-19(33-5-4-29)6-12-11(2)16(26)8-17(27-22)20(12)21/h7-8,19,24,29,31-32H,3-6,9-10H2,1-2H3/t19?,24?,25-/m0/s1. The highest BCUT2D eigenvalue weighted by Gasteiger charge is 2.45. The van der Waals surface area contributed by atoms with Crippen molar-refractivity contribution in [1.29, 1.82) is 0 Å². The summed E-state index contributed by atoms with van der Waals surface area (Å²) in [5, 5.41) is 31.7. The minimum absolute atomic E-state index is 0.104. The normalized spacial score (nSPS) is 24.4. The Morgan fingerprint density at radius 3 is 2.85 bits per heavy atom. The molecule has 3 atom stereocenters. The molecule has 0 fully saturated rings. The van der Waals surface area contributed by atoms with Crippen molar-refractivity contribution in [3.05, 3.63) is 61.7 Å². The van der Waals surface area contributed by atoms with Crippen molar-refractivity contribution in [2.24, 2.45) is 0 Å². The SMILES string of the molecule is CC[C@]1(O)c2cc3n(c(=O)c2COC1O)Cc1c-3nc2cc(F)c(C)c3c2c1C(OCCO)C3. The van der Waals surface area contributed by atoms with Crippen LogP contribution in [-0.4, -0.2) is 44.4 Å². The molecule has 0 radical (unpaired) electrons. The first-order valence-corrected chi connectivity index (χ1v) is 11.5. The molecule has 2 aromatic heterocycles. The molecule has 2 aliphatic heterocycles. The van der Waals surface area contributed by atoms with Gasteiger partial charge in [-0.1, -0.05) is 6.92 Å². The third-order valence-electron chi connectivity index (χ3n) is 7.63. The summed E-state index contributed by atoms with van der Waals surface area (Å²) in [5.74, 6) is -0.356. The molecule has 2 unspecified atom stereocenters. The summed E-state index contributed by atoms with van der Waals surface area (Å²) in [6.45, 7) is 3.60. The van der Waals surface area contributed by atoms with Gasteiger partial charge < -0.3 is 29.4 Å². The minimum atomic E-state index is -1.72. The molecule has 1 aromatic carbocycles. The lowest BCUT2D eigenvalue weighted by Crippen LogP contribution is -2.47. The van der Waals surface area contributed by atoms with E-state index >= 15 is 0 Å². The summed E-state index contributed by atoms with van der Waals surface area (Å²) in [4.78, 5) is 18.3. The Balaban J connectivity index is 1.64. The average Bonchev–Trinajstić information content (AvgIpc) is 3.39. The van der Waals surface area contributed by atoms with Crippen molar-refractivity contribution in [2.45, 2.75) is 57.8 Å². The minimum Gasteiger partial charge on any atom is -0.394 e. The maximum Gasteiger partial charge on any atom is 0.257 e. The van der Waals surface area contributed by atoms with Crippen molar-refractivity contribution >= 4 is 10.9 Å². The van der Waals surface area contributed by atoms with Gasteiger partial charge in [0.05, 0.1) is 49.4 Å². The van der Waals surface area contributed by atoms with Gasteiger partial charge in [-0.15, -0.1) is 0 Å². The van der Waals surface area contributed by atoms with Gasteiger partial charge in [-0.2, -0.15) is 0 Å². The van der Waals surface area contributed by atoms with Crippen LogP contribution in [0, 0.1) is 12.7 Å². The van der Waals surface area contributed by atoms with Crippen LogP contribution in [0.5, 0.6) is 0 Å². The van der Waals surface area contributed by atoms with Gasteiger partial charge in [-0.25, -0.2) is 9.37 Å². The molecule has 3 aliphatic rings. The van der Waals surface area contributed by atoms with Crippen molar-refractivity contribution in [2.75, 3.05) is 13.2 Å². The number of benzene rings is 1. The molecule has 0 bridgehead atoms. The Labute approximate surface area is 194 Å². The van der Waals surface area contributed by atoms with Gasteiger partial charge in [0.1, 0.15) is 11.4 Å². The van der Waals surface area contributed by atoms with Crippen LogP contribution >= 0.6 is 0 Å². The number of aliphatic hydroxyl groups is 3. The van der Waals surface area contributed by atoms with Gasteiger partial charge in [0, 0.05) is 34.6 Å². The molecular formula is C25H25FN2O6. The van der Waals surface area contributed by atoms with Crippen LogP contribution in [0.25, 0.3) is 22.3 Å². The topological polar surface area (TPSA) is 114 Å². The zero-order chi connectivity index (χ0) is 23.9. The highest BCUT2D eigenvalue weighted by atomic mass is 19.1. The molecular weight excluding hydrogens is 443 g/mol. The first-order valence-electron chi connectivity index (χ1n) is 11.5. The second kappa shape index (κ2) is 7.40. The predicted octanol–water partition coefficient (Wildman–Crippen LogP) is 1.93. The smallest absolute Gasteiger partial charge is 0.257 e. The number of nitrogens with zero attached hydrogens (tertiary/aromatic N) is 2. The number of hydrogen-bond donors (Lipinski definition) is 3. The molecule has 0 spiro atoms. The Kier molecular flexibility index (Phi) is 4.75. The molecule has 34 heavy (non-hydrogen) atoms. The van der Waals surface area contributed by atoms with Crippen LogP contribution < -0.4 is 5.56 Å². The first kappa shape index (κ1) is 21.8. The third kappa shape index (κ3) is 2.70. The zero-order valence-corrected chi connectivity index (χ0v) is 18.9. The summed E-state index contributed by atoms with van der Waals surface area (Å²) in [5.41, 5.74) is 3.21. The third-order valence-corrected chi connectivity index (χ3v) is 7.63. The quantitative estimate of drug-likeness (QED) is 0.419. The Morgan fingerprint density at radius 1 is 1.32 bits per heavy atom. The summed E-state index contributed by atoms with van der Waals surface area (Å²) in [6, 6.07) is 3.11. The Hall–Kier alpha value is -2.69. The number of hydrogen-bond acceptors (Lipinski definition) is 7. The molecule has 1 aliphatic carbocycles. The predicted molar refractivity (Wildman–Crippen MR) is 120 cm³/mol. The maximum absolute atomic E-state index is 14.8. The number of pyridine rings is 2. The Morgan fingerprint density at radius 2 is 2.12 bits per heavy atom. The van der Waals surface area contributed by atoms with E-state index in [9.17, 15) is 24.5 Å². The highest BCUT2D eigenvalue weighted by molar-refractivity contribution is 5.94. The summed E-state index contributed by atoms with van der Waals surface area (Å²) in [6.07, 6.45) is -1.23. The fourth-order valence-electron chi connectivity index (χ4n) is 5.77. The number of aromatic nitrogens is 2. The molecule has 0 saturated heterocycles. The van der Waals surface area contributed by atoms with E-state index in [2.05, 4.69) is 0 Å². The van der Waals surface area contributed by atoms with E-state index < -0.39 is 11.9 Å². The molecule has 9 heteroatoms. The summed E-state index contributed by atoms with van der Waals surface area (Å²) >= 11 is 0. The van der Waals surface area contributed by atoms with Gasteiger partial charge in [0.25, 0.3) is 5.56 Å². The Bertz CT molecular complexity index is 1430. The van der Waals surface area contributed by atoms with Crippen LogP contribution in [0.4, 0.5) is 4.39 Å². The molecule has 4 heterocycles. The average molecular weight is 468 g/mol. The number of fused-ring (bicyclic) bond motifs is 5. The molecule has 6 rings (SSSR count). The molecule has 3 aromatic rings. The van der Waals surface area contributed by atoms with Crippen molar-refractivity contribution < 1.29 is 29.2 Å². The van der Waals surface area contributed by atoms with Gasteiger partial charge in [-0.3, -0.25) is 4.79 Å². The van der Waals surface area contributed by atoms with E-state index in [1.54, 1.807) is 24.5 Å². The van der Waals surface area contributed by atoms with Crippen LogP contribution in [0.1, 0.15) is 52.8 Å². The zero-order valence-electron chi connectivity index (χ0n) is 18.9. The molecule has 0 amide bonds. The number of rotatable bonds is 4. The fourth-order valence-corrected chi connectivity index (χ4v) is 5.77. The highest BCUT2D eigenvalue weighted by Crippen LogP contribution is 2.48. The van der Waals surface area contributed by atoms with E-state index in [4.69, 9.17) is 14.5 Å². The molecule has 3 N–H and O–H groups in total. The summed E-state index contributed by atoms with van der Waals surface area (Å²) in [7, 11) is 0. The lowest BCUT2D eigenvalue weighted by Gasteiger charge is -2.37. The van der Waals surface area contributed by atoms with Crippen LogP contribution in [0.3, 0.4) is 0 Å². The second-order valence-corrected chi connectivity index (χ2v) is 9.25. The second-order valence-electron chi connectivity index (χ2n) is 9.25. The van der Waals surface area contributed by atoms with Crippen LogP contribution in [0.15, 0.2) is 16.9 Å². The fraction of sp³-hybridized carbons (Fsp3) is 0.440. The lowest BCUT2D eigenvalue weighted by atomic mass is 9.85. The molecule has 8 nitrogen and oxygen atoms in total. The molecule has 178 valence electrons. The number of ether oxygens (including phenoxy) is 2. The van der Waals surface area contributed by atoms with Crippen LogP contribution in [0.2, 0.25) is 0 Å². The van der Waals surface area contributed by atoms with E-state index in [1.165, 1.54) is 6.07 Å². The van der Waals surface area contributed by atoms with E-state index in [0.717, 1.165) is 22.1 Å². The lowest BCUT2D eigenvalue weighted by molar-refractivity contribution is -0.236. The maximum atomic E-state index is 14.8. The first-order chi connectivity index (χ1) is 16.3. The van der Waals surface area contributed by atoms with Crippen molar-refractivity contribution in [1.82, 2.24) is 9.55 Å². The number of aliphatic hydroxyl groups excluding tert-OH is 2. The van der Waals surface area contributed by atoms with E-state index in [0.29, 0.717) is 40.0 Å². The largest absolute Gasteiger partial charge is 0.394 e. The van der Waals surface area contributed by atoms with Crippen molar-refractivity contribution in [3.8, 4) is 11.4 Å². The van der Waals surface area contributed by atoms with Gasteiger partial charge >= 0.3 is 0 Å². The van der Waals surface area contributed by atoms with E-state index in [1.807, 2.05) is 0 Å². The molecule has 0 saturated carbocycles. The van der Waals surface area contributed by atoms with Crippen LogP contribution in [-0.2, 0) is 34.6 Å². The monoisotopic (exact) mass is 468 g/mol. The van der Waals surface area contributed by atoms with Gasteiger partial charge in [0.15, 0.2) is 6.29 Å². The van der Waals surface area contributed by atoms with Gasteiger partial charge in [0.2, 0.25) is 0 Å². The number of halogens is 1. The van der Waals surface area contributed by atoms with Crippen molar-refractivity contribution in [3.63, 3.8) is 0 Å². The summed E-state index contributed by atoms with van der Waals surface area (Å²) < 4.78 is 27.6.